The monoisotopic (exact) mass is 537 g/mol. The first-order valence-electron chi connectivity index (χ1n) is 11.1. The van der Waals surface area contributed by atoms with Crippen LogP contribution in [0.5, 0.6) is 5.75 Å². The van der Waals surface area contributed by atoms with Gasteiger partial charge in [0.05, 0.1) is 5.52 Å². The van der Waals surface area contributed by atoms with E-state index >= 15 is 0 Å². The number of halogens is 4. The smallest absolute Gasteiger partial charge is 0.405 e. The van der Waals surface area contributed by atoms with E-state index in [2.05, 4.69) is 35.9 Å². The van der Waals surface area contributed by atoms with Gasteiger partial charge < -0.3 is 19.9 Å². The summed E-state index contributed by atoms with van der Waals surface area (Å²) in [4.78, 5) is 13.6. The van der Waals surface area contributed by atoms with E-state index in [0.29, 0.717) is 29.0 Å². The Kier molecular flexibility index (Phi) is 7.47. The van der Waals surface area contributed by atoms with Gasteiger partial charge in [0.2, 0.25) is 5.95 Å². The van der Waals surface area contributed by atoms with Gasteiger partial charge in [0, 0.05) is 49.6 Å². The van der Waals surface area contributed by atoms with Crippen molar-refractivity contribution in [3.63, 3.8) is 0 Å². The van der Waals surface area contributed by atoms with E-state index in [1.807, 2.05) is 43.3 Å². The topological polar surface area (TPSA) is 53.5 Å². The Balaban J connectivity index is 1.34. The van der Waals surface area contributed by atoms with E-state index in [-0.39, 0.29) is 11.8 Å². The minimum atomic E-state index is -4.71. The van der Waals surface area contributed by atoms with Crippen LogP contribution < -0.4 is 15.0 Å². The molecule has 2 aromatic carbocycles. The number of anilines is 2. The van der Waals surface area contributed by atoms with Crippen LogP contribution in [-0.2, 0) is 6.42 Å². The molecule has 182 valence electrons. The number of para-hydroxylation sites is 1. The van der Waals surface area contributed by atoms with Crippen molar-refractivity contribution in [1.29, 1.82) is 0 Å². The van der Waals surface area contributed by atoms with Gasteiger partial charge in [-0.25, -0.2) is 4.98 Å². The van der Waals surface area contributed by atoms with Gasteiger partial charge in [-0.2, -0.15) is 4.98 Å². The summed E-state index contributed by atoms with van der Waals surface area (Å²) in [5.74, 6) is 1.34. The zero-order valence-corrected chi connectivity index (χ0v) is 20.7. The van der Waals surface area contributed by atoms with Crippen molar-refractivity contribution < 1.29 is 17.9 Å². The Morgan fingerprint density at radius 2 is 1.85 bits per heavy atom. The third-order valence-electron chi connectivity index (χ3n) is 5.88. The number of ether oxygens (including phenoxy) is 1. The highest BCUT2D eigenvalue weighted by Crippen LogP contribution is 2.30. The van der Waals surface area contributed by atoms with Gasteiger partial charge in [0.25, 0.3) is 0 Å². The minimum absolute atomic E-state index is 0.149. The third kappa shape index (κ3) is 6.29. The van der Waals surface area contributed by atoms with E-state index in [0.717, 1.165) is 42.7 Å². The summed E-state index contributed by atoms with van der Waals surface area (Å²) in [6.45, 7) is 2.36. The van der Waals surface area contributed by atoms with Crippen LogP contribution in [0.4, 0.5) is 24.9 Å². The first-order valence-corrected chi connectivity index (χ1v) is 11.9. The first kappa shape index (κ1) is 24.5. The number of rotatable bonds is 7. The van der Waals surface area contributed by atoms with Gasteiger partial charge >= 0.3 is 6.36 Å². The van der Waals surface area contributed by atoms with Gasteiger partial charge in [-0.05, 0) is 49.1 Å². The second-order valence-electron chi connectivity index (χ2n) is 8.59. The highest BCUT2D eigenvalue weighted by atomic mass is 79.9. The number of alkyl halides is 3. The molecule has 1 aliphatic rings. The highest BCUT2D eigenvalue weighted by Gasteiger charge is 2.32. The molecule has 0 saturated carbocycles. The molecular formula is C24H27BrF3N5O. The first-order chi connectivity index (χ1) is 16.2. The maximum atomic E-state index is 12.8. The van der Waals surface area contributed by atoms with Gasteiger partial charge in [-0.1, -0.05) is 34.1 Å². The standard InChI is InChI=1S/C24H27BrF3N5O/c1-32(2)22-19-5-3-4-6-20(19)30-23(31-22)29-18-10-13-33(14-11-18)12-9-16-7-8-17(25)15-21(16)34-24(26,27)28/h3-8,15,18H,9-14H2,1-2H3,(H,29,30,31). The number of benzene rings is 2. The second-order valence-corrected chi connectivity index (χ2v) is 9.51. The zero-order valence-electron chi connectivity index (χ0n) is 19.1. The summed E-state index contributed by atoms with van der Waals surface area (Å²) in [5.41, 5.74) is 1.44. The molecule has 0 atom stereocenters. The predicted molar refractivity (Wildman–Crippen MR) is 131 cm³/mol. The molecule has 0 aliphatic carbocycles. The van der Waals surface area contributed by atoms with E-state index in [4.69, 9.17) is 4.98 Å². The third-order valence-corrected chi connectivity index (χ3v) is 6.37. The number of nitrogens with one attached hydrogen (secondary N) is 1. The highest BCUT2D eigenvalue weighted by molar-refractivity contribution is 9.10. The Morgan fingerprint density at radius 3 is 2.56 bits per heavy atom. The molecule has 0 bridgehead atoms. The van der Waals surface area contributed by atoms with Crippen LogP contribution in [0.2, 0.25) is 0 Å². The number of nitrogens with zero attached hydrogens (tertiary/aromatic N) is 4. The molecule has 4 rings (SSSR count). The molecule has 34 heavy (non-hydrogen) atoms. The molecular weight excluding hydrogens is 511 g/mol. The van der Waals surface area contributed by atoms with Crippen molar-refractivity contribution in [3.05, 3.63) is 52.5 Å². The van der Waals surface area contributed by atoms with Crippen LogP contribution in [0.1, 0.15) is 18.4 Å². The lowest BCUT2D eigenvalue weighted by Crippen LogP contribution is -2.40. The summed E-state index contributed by atoms with van der Waals surface area (Å²) in [6, 6.07) is 13.0. The minimum Gasteiger partial charge on any atom is -0.405 e. The summed E-state index contributed by atoms with van der Waals surface area (Å²) >= 11 is 3.21. The van der Waals surface area contributed by atoms with E-state index in [1.54, 1.807) is 12.1 Å². The maximum Gasteiger partial charge on any atom is 0.573 e. The van der Waals surface area contributed by atoms with Crippen molar-refractivity contribution in [2.24, 2.45) is 0 Å². The van der Waals surface area contributed by atoms with E-state index < -0.39 is 6.36 Å². The summed E-state index contributed by atoms with van der Waals surface area (Å²) in [5, 5.41) is 4.49. The molecule has 1 fully saturated rings. The molecule has 3 aromatic rings. The van der Waals surface area contributed by atoms with E-state index in [1.165, 1.54) is 6.07 Å². The molecule has 10 heteroatoms. The molecule has 1 N–H and O–H groups in total. The molecule has 0 unspecified atom stereocenters. The lowest BCUT2D eigenvalue weighted by Gasteiger charge is -2.32. The van der Waals surface area contributed by atoms with Crippen LogP contribution in [0.15, 0.2) is 46.9 Å². The molecule has 2 heterocycles. The number of likely N-dealkylation sites (tertiary alicyclic amines) is 1. The zero-order chi connectivity index (χ0) is 24.3. The molecule has 6 nitrogen and oxygen atoms in total. The lowest BCUT2D eigenvalue weighted by molar-refractivity contribution is -0.274. The number of piperidine rings is 1. The van der Waals surface area contributed by atoms with Crippen LogP contribution >= 0.6 is 15.9 Å². The Hall–Kier alpha value is -2.59. The Labute approximate surface area is 205 Å². The van der Waals surface area contributed by atoms with Crippen molar-refractivity contribution in [2.75, 3.05) is 43.9 Å². The van der Waals surface area contributed by atoms with Crippen LogP contribution in [0.25, 0.3) is 10.9 Å². The largest absolute Gasteiger partial charge is 0.573 e. The average Bonchev–Trinajstić information content (AvgIpc) is 2.78. The van der Waals surface area contributed by atoms with Gasteiger partial charge in [0.1, 0.15) is 11.6 Å². The van der Waals surface area contributed by atoms with Crippen LogP contribution in [0, 0.1) is 0 Å². The molecule has 0 radical (unpaired) electrons. The Bertz CT molecular complexity index is 1130. The molecule has 1 aromatic heterocycles. The SMILES string of the molecule is CN(C)c1nc(NC2CCN(CCc3ccc(Br)cc3OC(F)(F)F)CC2)nc2ccccc12. The van der Waals surface area contributed by atoms with Crippen molar-refractivity contribution in [1.82, 2.24) is 14.9 Å². The van der Waals surface area contributed by atoms with Gasteiger partial charge in [0.15, 0.2) is 0 Å². The molecule has 0 amide bonds. The fourth-order valence-electron chi connectivity index (χ4n) is 4.18. The number of aromatic nitrogens is 2. The van der Waals surface area contributed by atoms with Gasteiger partial charge in [-0.3, -0.25) is 0 Å². The number of hydrogen-bond acceptors (Lipinski definition) is 6. The van der Waals surface area contributed by atoms with Crippen molar-refractivity contribution >= 4 is 38.6 Å². The molecule has 1 saturated heterocycles. The molecule has 1 aliphatic heterocycles. The molecule has 0 spiro atoms. The second kappa shape index (κ2) is 10.4. The number of hydrogen-bond donors (Lipinski definition) is 1. The summed E-state index contributed by atoms with van der Waals surface area (Å²) in [6.07, 6.45) is -2.42. The maximum absolute atomic E-state index is 12.8. The Morgan fingerprint density at radius 1 is 1.12 bits per heavy atom. The van der Waals surface area contributed by atoms with Crippen LogP contribution in [0.3, 0.4) is 0 Å². The normalized spacial score (nSPS) is 15.5. The van der Waals surface area contributed by atoms with Gasteiger partial charge in [-0.15, -0.1) is 13.2 Å². The fourth-order valence-corrected chi connectivity index (χ4v) is 4.52. The van der Waals surface area contributed by atoms with E-state index in [9.17, 15) is 13.2 Å². The predicted octanol–water partition coefficient (Wildman–Crippen LogP) is 5.48. The number of fused-ring (bicyclic) bond motifs is 1. The average molecular weight is 538 g/mol. The lowest BCUT2D eigenvalue weighted by atomic mass is 10.0. The summed E-state index contributed by atoms with van der Waals surface area (Å²) < 4.78 is 43.0. The fraction of sp³-hybridized carbons (Fsp3) is 0.417. The summed E-state index contributed by atoms with van der Waals surface area (Å²) in [7, 11) is 3.93. The van der Waals surface area contributed by atoms with Crippen molar-refractivity contribution in [2.45, 2.75) is 31.7 Å². The van der Waals surface area contributed by atoms with Crippen molar-refractivity contribution in [3.8, 4) is 5.75 Å². The quantitative estimate of drug-likeness (QED) is 0.431. The van der Waals surface area contributed by atoms with Crippen LogP contribution in [-0.4, -0.2) is 61.0 Å².